The van der Waals surface area contributed by atoms with Crippen molar-refractivity contribution in [1.29, 1.82) is 0 Å². The minimum atomic E-state index is -3.54. The molecular formula is C12H12BrNO3S2. The van der Waals surface area contributed by atoms with Crippen LogP contribution in [0.1, 0.15) is 5.56 Å². The molecule has 19 heavy (non-hydrogen) atoms. The number of thiophene rings is 1. The number of methoxy groups -OCH3 is 1. The van der Waals surface area contributed by atoms with Crippen molar-refractivity contribution in [2.75, 3.05) is 11.8 Å². The van der Waals surface area contributed by atoms with Crippen molar-refractivity contribution in [1.82, 2.24) is 0 Å². The molecule has 1 heterocycles. The molecule has 0 aliphatic heterocycles. The van der Waals surface area contributed by atoms with Gasteiger partial charge in [-0.1, -0.05) is 0 Å². The van der Waals surface area contributed by atoms with Crippen molar-refractivity contribution in [2.45, 2.75) is 11.1 Å². The lowest BCUT2D eigenvalue weighted by Crippen LogP contribution is -2.11. The van der Waals surface area contributed by atoms with E-state index in [-0.39, 0.29) is 4.21 Å². The Morgan fingerprint density at radius 1 is 1.26 bits per heavy atom. The summed E-state index contributed by atoms with van der Waals surface area (Å²) in [6.07, 6.45) is 0. The minimum Gasteiger partial charge on any atom is -0.497 e. The third-order valence-corrected chi connectivity index (χ3v) is 6.43. The van der Waals surface area contributed by atoms with E-state index in [0.717, 1.165) is 9.35 Å². The highest BCUT2D eigenvalue weighted by molar-refractivity contribution is 9.11. The number of rotatable bonds is 4. The first-order valence-electron chi connectivity index (χ1n) is 5.35. The van der Waals surface area contributed by atoms with Crippen molar-refractivity contribution in [3.8, 4) is 5.75 Å². The second-order valence-electron chi connectivity index (χ2n) is 3.86. The first kappa shape index (κ1) is 14.4. The fourth-order valence-corrected chi connectivity index (χ4v) is 4.71. The van der Waals surface area contributed by atoms with Gasteiger partial charge in [0.1, 0.15) is 9.96 Å². The number of hydrogen-bond donors (Lipinski definition) is 1. The van der Waals surface area contributed by atoms with Crippen LogP contribution in [0.25, 0.3) is 0 Å². The fourth-order valence-electron chi connectivity index (χ4n) is 1.43. The van der Waals surface area contributed by atoms with Gasteiger partial charge in [0.2, 0.25) is 0 Å². The van der Waals surface area contributed by atoms with Crippen LogP contribution in [-0.2, 0) is 10.0 Å². The summed E-state index contributed by atoms with van der Waals surface area (Å²) in [7, 11) is -1.98. The molecule has 0 aliphatic rings. The Hall–Kier alpha value is -1.05. The molecule has 0 spiro atoms. The summed E-state index contributed by atoms with van der Waals surface area (Å²) in [5.74, 6) is 0.678. The maximum Gasteiger partial charge on any atom is 0.271 e. The molecule has 1 aromatic heterocycles. The summed E-state index contributed by atoms with van der Waals surface area (Å²) in [4.78, 5) is 0. The van der Waals surface area contributed by atoms with Gasteiger partial charge in [0.15, 0.2) is 0 Å². The second-order valence-corrected chi connectivity index (χ2v) is 8.14. The maximum atomic E-state index is 12.2. The quantitative estimate of drug-likeness (QED) is 0.904. The first-order chi connectivity index (χ1) is 8.92. The summed E-state index contributed by atoms with van der Waals surface area (Å²) in [6, 6.07) is 8.36. The monoisotopic (exact) mass is 361 g/mol. The van der Waals surface area contributed by atoms with E-state index < -0.39 is 10.0 Å². The molecule has 0 bridgehead atoms. The summed E-state index contributed by atoms with van der Waals surface area (Å²) in [5.41, 5.74) is 1.41. The predicted molar refractivity (Wildman–Crippen MR) is 80.6 cm³/mol. The van der Waals surface area contributed by atoms with Crippen LogP contribution in [-0.4, -0.2) is 15.5 Å². The summed E-state index contributed by atoms with van der Waals surface area (Å²) < 4.78 is 33.0. The van der Waals surface area contributed by atoms with Gasteiger partial charge in [0.25, 0.3) is 10.0 Å². The normalized spacial score (nSPS) is 11.3. The molecule has 0 amide bonds. The lowest BCUT2D eigenvalue weighted by Gasteiger charge is -2.06. The Morgan fingerprint density at radius 2 is 1.89 bits per heavy atom. The highest BCUT2D eigenvalue weighted by Crippen LogP contribution is 2.31. The third kappa shape index (κ3) is 3.29. The van der Waals surface area contributed by atoms with E-state index in [1.807, 2.05) is 6.92 Å². The fraction of sp³-hybridized carbons (Fsp3) is 0.167. The van der Waals surface area contributed by atoms with E-state index in [2.05, 4.69) is 20.7 Å². The molecule has 102 valence electrons. The van der Waals surface area contributed by atoms with Crippen LogP contribution < -0.4 is 9.46 Å². The Morgan fingerprint density at radius 3 is 2.37 bits per heavy atom. The molecule has 0 radical (unpaired) electrons. The van der Waals surface area contributed by atoms with Gasteiger partial charge in [-0.15, -0.1) is 11.3 Å². The van der Waals surface area contributed by atoms with Crippen molar-refractivity contribution in [2.24, 2.45) is 0 Å². The lowest BCUT2D eigenvalue weighted by atomic mass is 10.3. The zero-order chi connectivity index (χ0) is 14.0. The van der Waals surface area contributed by atoms with Crippen molar-refractivity contribution < 1.29 is 13.2 Å². The Kier molecular flexibility index (Phi) is 4.17. The molecule has 0 aliphatic carbocycles. The summed E-state index contributed by atoms with van der Waals surface area (Å²) >= 11 is 4.51. The number of aryl methyl sites for hydroxylation is 1. The van der Waals surface area contributed by atoms with Crippen LogP contribution in [0.5, 0.6) is 5.75 Å². The van der Waals surface area contributed by atoms with Crippen LogP contribution in [0.3, 0.4) is 0 Å². The number of sulfonamides is 1. The van der Waals surface area contributed by atoms with Crippen LogP contribution in [0.4, 0.5) is 5.69 Å². The molecular weight excluding hydrogens is 350 g/mol. The average Bonchev–Trinajstić information content (AvgIpc) is 2.71. The van der Waals surface area contributed by atoms with Gasteiger partial charge in [-0.3, -0.25) is 4.72 Å². The highest BCUT2D eigenvalue weighted by atomic mass is 79.9. The molecule has 0 fully saturated rings. The van der Waals surface area contributed by atoms with Gasteiger partial charge in [-0.2, -0.15) is 0 Å². The number of nitrogens with one attached hydrogen (secondary N) is 1. The standard InChI is InChI=1S/C12H12BrNO3S2/c1-8-7-11(18-12(8)13)19(15,16)14-9-3-5-10(17-2)6-4-9/h3-7,14H,1-2H3. The van der Waals surface area contributed by atoms with E-state index >= 15 is 0 Å². The van der Waals surface area contributed by atoms with Crippen LogP contribution in [0.2, 0.25) is 0 Å². The van der Waals surface area contributed by atoms with E-state index in [4.69, 9.17) is 4.74 Å². The number of halogens is 1. The first-order valence-corrected chi connectivity index (χ1v) is 8.44. The van der Waals surface area contributed by atoms with Crippen LogP contribution in [0.15, 0.2) is 38.3 Å². The van der Waals surface area contributed by atoms with E-state index in [1.54, 1.807) is 37.4 Å². The van der Waals surface area contributed by atoms with Crippen LogP contribution >= 0.6 is 27.3 Å². The van der Waals surface area contributed by atoms with Gasteiger partial charge in [0, 0.05) is 5.69 Å². The average molecular weight is 362 g/mol. The number of benzene rings is 1. The van der Waals surface area contributed by atoms with Gasteiger partial charge < -0.3 is 4.74 Å². The topological polar surface area (TPSA) is 55.4 Å². The van der Waals surface area contributed by atoms with Crippen LogP contribution in [0, 0.1) is 6.92 Å². The zero-order valence-corrected chi connectivity index (χ0v) is 13.5. The lowest BCUT2D eigenvalue weighted by molar-refractivity contribution is 0.415. The molecule has 0 atom stereocenters. The molecule has 2 aromatic rings. The van der Waals surface area contributed by atoms with Gasteiger partial charge >= 0.3 is 0 Å². The van der Waals surface area contributed by atoms with Gasteiger partial charge in [-0.25, -0.2) is 8.42 Å². The van der Waals surface area contributed by atoms with Crippen molar-refractivity contribution >= 4 is 43.0 Å². The summed E-state index contributed by atoms with van der Waals surface area (Å²) in [6.45, 7) is 1.85. The number of ether oxygens (including phenoxy) is 1. The van der Waals surface area contributed by atoms with E-state index in [1.165, 1.54) is 11.3 Å². The van der Waals surface area contributed by atoms with Crippen molar-refractivity contribution in [3.63, 3.8) is 0 Å². The molecule has 0 unspecified atom stereocenters. The maximum absolute atomic E-state index is 12.2. The number of anilines is 1. The van der Waals surface area contributed by atoms with Gasteiger partial charge in [0.05, 0.1) is 10.9 Å². The minimum absolute atomic E-state index is 0.285. The molecule has 1 aromatic carbocycles. The molecule has 0 saturated heterocycles. The molecule has 4 nitrogen and oxygen atoms in total. The number of hydrogen-bond acceptors (Lipinski definition) is 4. The Balaban J connectivity index is 2.25. The highest BCUT2D eigenvalue weighted by Gasteiger charge is 2.18. The Labute approximate surface area is 124 Å². The second kappa shape index (κ2) is 5.52. The molecule has 1 N–H and O–H groups in total. The van der Waals surface area contributed by atoms with E-state index in [9.17, 15) is 8.42 Å². The van der Waals surface area contributed by atoms with Gasteiger partial charge in [-0.05, 0) is 58.7 Å². The van der Waals surface area contributed by atoms with Crippen molar-refractivity contribution in [3.05, 3.63) is 39.7 Å². The summed E-state index contributed by atoms with van der Waals surface area (Å²) in [5, 5.41) is 0. The largest absolute Gasteiger partial charge is 0.497 e. The SMILES string of the molecule is COc1ccc(NS(=O)(=O)c2cc(C)c(Br)s2)cc1. The zero-order valence-electron chi connectivity index (χ0n) is 10.3. The third-order valence-electron chi connectivity index (χ3n) is 2.44. The smallest absolute Gasteiger partial charge is 0.271 e. The molecule has 7 heteroatoms. The van der Waals surface area contributed by atoms with E-state index in [0.29, 0.717) is 11.4 Å². The predicted octanol–water partition coefficient (Wildman–Crippen LogP) is 3.63. The Bertz CT molecular complexity index is 658. The molecule has 2 rings (SSSR count). The molecule has 0 saturated carbocycles.